The molecule has 1 aromatic carbocycles. The lowest BCUT2D eigenvalue weighted by atomic mass is 9.99. The van der Waals surface area contributed by atoms with Crippen LogP contribution in [0.2, 0.25) is 0 Å². The van der Waals surface area contributed by atoms with E-state index in [1.165, 1.54) is 17.0 Å². The maximum atomic E-state index is 12.3. The molecular formula is C14H18N2O4. The number of carbonyl (C=O) groups is 2. The fraction of sp³-hybridized carbons (Fsp3) is 0.429. The van der Waals surface area contributed by atoms with E-state index in [1.807, 2.05) is 0 Å². The van der Waals surface area contributed by atoms with Gasteiger partial charge in [0.2, 0.25) is 0 Å². The number of aromatic hydroxyl groups is 1. The Bertz CT molecular complexity index is 500. The first-order valence-electron chi connectivity index (χ1n) is 6.53. The minimum Gasteiger partial charge on any atom is -0.508 e. The number of carboxylic acids is 1. The molecule has 1 atom stereocenters. The van der Waals surface area contributed by atoms with E-state index in [4.69, 9.17) is 5.11 Å². The van der Waals surface area contributed by atoms with E-state index in [0.717, 1.165) is 0 Å². The Balaban J connectivity index is 2.06. The Morgan fingerprint density at radius 1 is 1.30 bits per heavy atom. The number of benzene rings is 1. The average Bonchev–Trinajstić information content (AvgIpc) is 2.46. The van der Waals surface area contributed by atoms with Gasteiger partial charge in [-0.05, 0) is 37.1 Å². The van der Waals surface area contributed by atoms with E-state index in [9.17, 15) is 14.7 Å². The third-order valence-corrected chi connectivity index (χ3v) is 3.57. The van der Waals surface area contributed by atoms with Gasteiger partial charge < -0.3 is 15.1 Å². The van der Waals surface area contributed by atoms with Crippen LogP contribution in [0, 0.1) is 5.92 Å². The number of carboxylic acid groups (broad SMARTS) is 1. The number of hydrogen-bond donors (Lipinski definition) is 2. The molecule has 1 saturated heterocycles. The first-order valence-corrected chi connectivity index (χ1v) is 6.53. The Labute approximate surface area is 117 Å². The van der Waals surface area contributed by atoms with Crippen molar-refractivity contribution in [2.75, 3.05) is 25.0 Å². The highest BCUT2D eigenvalue weighted by atomic mass is 16.4. The lowest BCUT2D eigenvalue weighted by molar-refractivity contribution is -0.143. The Morgan fingerprint density at radius 2 is 1.95 bits per heavy atom. The zero-order valence-electron chi connectivity index (χ0n) is 11.3. The van der Waals surface area contributed by atoms with Gasteiger partial charge >= 0.3 is 12.0 Å². The first-order chi connectivity index (χ1) is 9.49. The van der Waals surface area contributed by atoms with Crippen molar-refractivity contribution < 1.29 is 19.8 Å². The maximum Gasteiger partial charge on any atom is 0.324 e. The van der Waals surface area contributed by atoms with Gasteiger partial charge in [0.05, 0.1) is 5.92 Å². The van der Waals surface area contributed by atoms with Crippen LogP contribution >= 0.6 is 0 Å². The molecule has 0 aliphatic carbocycles. The van der Waals surface area contributed by atoms with Crippen LogP contribution in [0.25, 0.3) is 0 Å². The van der Waals surface area contributed by atoms with Gasteiger partial charge in [-0.25, -0.2) is 4.79 Å². The van der Waals surface area contributed by atoms with Crippen molar-refractivity contribution in [2.45, 2.75) is 12.8 Å². The fourth-order valence-corrected chi connectivity index (χ4v) is 2.35. The summed E-state index contributed by atoms with van der Waals surface area (Å²) in [7, 11) is 1.64. The number of nitrogens with zero attached hydrogens (tertiary/aromatic N) is 2. The lowest BCUT2D eigenvalue weighted by Gasteiger charge is -2.33. The molecule has 2 N–H and O–H groups in total. The standard InChI is InChI=1S/C14H18N2O4/c1-15(11-4-6-12(17)7-5-11)14(20)16-8-2-3-10(9-16)13(18)19/h4-7,10,17H,2-3,8-9H2,1H3,(H,18,19)/t10-/m1/s1. The molecule has 0 unspecified atom stereocenters. The summed E-state index contributed by atoms with van der Waals surface area (Å²) >= 11 is 0. The molecule has 2 amide bonds. The van der Waals surface area contributed by atoms with Crippen molar-refractivity contribution in [3.05, 3.63) is 24.3 Å². The summed E-state index contributed by atoms with van der Waals surface area (Å²) in [6.45, 7) is 0.821. The van der Waals surface area contributed by atoms with Crippen LogP contribution in [-0.4, -0.2) is 47.3 Å². The quantitative estimate of drug-likeness (QED) is 0.863. The first kappa shape index (κ1) is 14.2. The van der Waals surface area contributed by atoms with Crippen LogP contribution in [0.4, 0.5) is 10.5 Å². The van der Waals surface area contributed by atoms with Crippen LogP contribution < -0.4 is 4.90 Å². The van der Waals surface area contributed by atoms with Gasteiger partial charge in [-0.15, -0.1) is 0 Å². The number of hydrogen-bond acceptors (Lipinski definition) is 3. The molecule has 0 radical (unpaired) electrons. The maximum absolute atomic E-state index is 12.3. The van der Waals surface area contributed by atoms with Crippen molar-refractivity contribution in [2.24, 2.45) is 5.92 Å². The molecule has 6 nitrogen and oxygen atoms in total. The largest absolute Gasteiger partial charge is 0.508 e. The Kier molecular flexibility index (Phi) is 4.12. The van der Waals surface area contributed by atoms with Gasteiger partial charge in [-0.3, -0.25) is 9.69 Å². The second-order valence-corrected chi connectivity index (χ2v) is 4.98. The van der Waals surface area contributed by atoms with Crippen LogP contribution in [0.15, 0.2) is 24.3 Å². The van der Waals surface area contributed by atoms with E-state index in [0.29, 0.717) is 25.1 Å². The zero-order valence-corrected chi connectivity index (χ0v) is 11.3. The molecule has 1 aromatic rings. The zero-order chi connectivity index (χ0) is 14.7. The van der Waals surface area contributed by atoms with Gasteiger partial charge in [0, 0.05) is 25.8 Å². The summed E-state index contributed by atoms with van der Waals surface area (Å²) in [5.41, 5.74) is 0.658. The van der Waals surface area contributed by atoms with Gasteiger partial charge in [-0.1, -0.05) is 0 Å². The highest BCUT2D eigenvalue weighted by molar-refractivity contribution is 5.91. The molecule has 0 aromatic heterocycles. The molecule has 0 saturated carbocycles. The van der Waals surface area contributed by atoms with E-state index >= 15 is 0 Å². The van der Waals surface area contributed by atoms with Crippen molar-refractivity contribution >= 4 is 17.7 Å². The number of aliphatic carboxylic acids is 1. The number of phenols is 1. The van der Waals surface area contributed by atoms with Gasteiger partial charge in [0.1, 0.15) is 5.75 Å². The third-order valence-electron chi connectivity index (χ3n) is 3.57. The van der Waals surface area contributed by atoms with E-state index < -0.39 is 11.9 Å². The topological polar surface area (TPSA) is 81.1 Å². The second kappa shape index (κ2) is 5.81. The van der Waals surface area contributed by atoms with E-state index in [-0.39, 0.29) is 18.3 Å². The number of amides is 2. The molecule has 1 aliphatic rings. The smallest absolute Gasteiger partial charge is 0.324 e. The lowest BCUT2D eigenvalue weighted by Crippen LogP contribution is -2.47. The number of piperidine rings is 1. The van der Waals surface area contributed by atoms with E-state index in [1.54, 1.807) is 24.1 Å². The van der Waals surface area contributed by atoms with Crippen LogP contribution in [-0.2, 0) is 4.79 Å². The summed E-state index contributed by atoms with van der Waals surface area (Å²) in [6.07, 6.45) is 1.31. The minimum absolute atomic E-state index is 0.138. The van der Waals surface area contributed by atoms with Gasteiger partial charge in [0.25, 0.3) is 0 Å². The molecule has 0 spiro atoms. The van der Waals surface area contributed by atoms with Crippen LogP contribution in [0.5, 0.6) is 5.75 Å². The molecule has 1 aliphatic heterocycles. The minimum atomic E-state index is -0.852. The van der Waals surface area contributed by atoms with Crippen molar-refractivity contribution in [3.8, 4) is 5.75 Å². The molecular weight excluding hydrogens is 260 g/mol. The second-order valence-electron chi connectivity index (χ2n) is 4.98. The molecule has 1 heterocycles. The highest BCUT2D eigenvalue weighted by Crippen LogP contribution is 2.21. The molecule has 2 rings (SSSR count). The summed E-state index contributed by atoms with van der Waals surface area (Å²) in [5, 5.41) is 18.3. The van der Waals surface area contributed by atoms with Gasteiger partial charge in [-0.2, -0.15) is 0 Å². The predicted molar refractivity (Wildman–Crippen MR) is 73.8 cm³/mol. The monoisotopic (exact) mass is 278 g/mol. The van der Waals surface area contributed by atoms with Crippen LogP contribution in [0.1, 0.15) is 12.8 Å². The molecule has 6 heteroatoms. The van der Waals surface area contributed by atoms with Crippen molar-refractivity contribution in [1.82, 2.24) is 4.90 Å². The highest BCUT2D eigenvalue weighted by Gasteiger charge is 2.29. The molecule has 20 heavy (non-hydrogen) atoms. The summed E-state index contributed by atoms with van der Waals surface area (Å²) in [4.78, 5) is 26.4. The fourth-order valence-electron chi connectivity index (χ4n) is 2.35. The Morgan fingerprint density at radius 3 is 2.55 bits per heavy atom. The molecule has 1 fully saturated rings. The number of rotatable bonds is 2. The number of urea groups is 1. The average molecular weight is 278 g/mol. The Hall–Kier alpha value is -2.24. The predicted octanol–water partition coefficient (Wildman–Crippen LogP) is 1.75. The summed E-state index contributed by atoms with van der Waals surface area (Å²) in [5.74, 6) is -1.20. The van der Waals surface area contributed by atoms with E-state index in [2.05, 4.69) is 0 Å². The summed E-state index contributed by atoms with van der Waals surface area (Å²) < 4.78 is 0. The number of phenolic OH excluding ortho intramolecular Hbond substituents is 1. The normalized spacial score (nSPS) is 18.6. The SMILES string of the molecule is CN(C(=O)N1CCC[C@@H](C(=O)O)C1)c1ccc(O)cc1. The van der Waals surface area contributed by atoms with Crippen molar-refractivity contribution in [3.63, 3.8) is 0 Å². The summed E-state index contributed by atoms with van der Waals surface area (Å²) in [6, 6.07) is 6.09. The molecule has 108 valence electrons. The number of carbonyl (C=O) groups excluding carboxylic acids is 1. The number of anilines is 1. The third kappa shape index (κ3) is 3.01. The van der Waals surface area contributed by atoms with Crippen LogP contribution in [0.3, 0.4) is 0 Å². The molecule has 0 bridgehead atoms. The van der Waals surface area contributed by atoms with Crippen molar-refractivity contribution in [1.29, 1.82) is 0 Å². The van der Waals surface area contributed by atoms with Gasteiger partial charge in [0.15, 0.2) is 0 Å². The number of likely N-dealkylation sites (tertiary alicyclic amines) is 1.